The highest BCUT2D eigenvalue weighted by molar-refractivity contribution is 7.22. The number of anilines is 1. The SMILES string of the molecule is Nc1nc2c(OC(F)(F)F)cc(C(=O)NCC(O)(c3cc4c(c(-c5ccc(F)cc5)n3)OC[C@@]4(N)C(F)(F)F)C3CC3)cc2s1. The van der Waals surface area contributed by atoms with Gasteiger partial charge < -0.3 is 31.4 Å². The molecule has 4 aromatic rings. The standard InChI is InChI=1S/C28H22F7N5O4S/c29-15-5-1-12(2-6-15)20-22-16(26(37,11-43-22)27(30,31)32)9-19(39-20)25(42,14-3-4-14)10-38-23(41)13-7-17(44-28(33,34)35)21-18(8-13)45-24(36)40-21/h1-2,5-9,14,42H,3-4,10-11,37H2,(H2,36,40)(H,38,41)/t25?,26-/m0/s1. The number of alkyl halides is 6. The molecule has 17 heteroatoms. The molecule has 0 spiro atoms. The third-order valence-electron chi connectivity index (χ3n) is 7.70. The van der Waals surface area contributed by atoms with Gasteiger partial charge in [-0.3, -0.25) is 4.79 Å². The van der Waals surface area contributed by atoms with Crippen molar-refractivity contribution in [2.45, 2.75) is 36.5 Å². The van der Waals surface area contributed by atoms with Gasteiger partial charge in [0.2, 0.25) is 0 Å². The number of fused-ring (bicyclic) bond motifs is 2. The van der Waals surface area contributed by atoms with E-state index in [9.17, 15) is 40.6 Å². The minimum Gasteiger partial charge on any atom is -0.488 e. The van der Waals surface area contributed by atoms with E-state index in [1.165, 1.54) is 18.2 Å². The van der Waals surface area contributed by atoms with Crippen LogP contribution in [0.5, 0.6) is 11.5 Å². The molecule has 2 aromatic carbocycles. The Balaban J connectivity index is 1.39. The number of nitrogen functional groups attached to an aromatic ring is 1. The van der Waals surface area contributed by atoms with Gasteiger partial charge in [-0.15, -0.1) is 13.2 Å². The van der Waals surface area contributed by atoms with Crippen molar-refractivity contribution in [2.75, 3.05) is 18.9 Å². The first kappa shape index (κ1) is 30.8. The van der Waals surface area contributed by atoms with Gasteiger partial charge >= 0.3 is 12.5 Å². The van der Waals surface area contributed by atoms with Gasteiger partial charge in [-0.2, -0.15) is 13.2 Å². The predicted octanol–water partition coefficient (Wildman–Crippen LogP) is 5.11. The number of nitrogens with zero attached hydrogens (tertiary/aromatic N) is 2. The molecule has 6 rings (SSSR count). The molecule has 6 N–H and O–H groups in total. The maximum absolute atomic E-state index is 14.2. The number of carbonyl (C=O) groups is 1. The molecule has 1 unspecified atom stereocenters. The van der Waals surface area contributed by atoms with Gasteiger partial charge in [0.05, 0.1) is 16.9 Å². The molecule has 3 heterocycles. The highest BCUT2D eigenvalue weighted by Crippen LogP contribution is 2.52. The summed E-state index contributed by atoms with van der Waals surface area (Å²) in [4.78, 5) is 21.5. The summed E-state index contributed by atoms with van der Waals surface area (Å²) in [6.07, 6.45) is -9.23. The van der Waals surface area contributed by atoms with Crippen molar-refractivity contribution in [1.29, 1.82) is 0 Å². The Morgan fingerprint density at radius 2 is 1.80 bits per heavy atom. The van der Waals surface area contributed by atoms with Crippen molar-refractivity contribution < 1.29 is 50.1 Å². The molecule has 2 atom stereocenters. The number of aliphatic hydroxyl groups is 1. The summed E-state index contributed by atoms with van der Waals surface area (Å²) < 4.78 is 105. The largest absolute Gasteiger partial charge is 0.573 e. The number of rotatable bonds is 7. The Morgan fingerprint density at radius 1 is 1.11 bits per heavy atom. The van der Waals surface area contributed by atoms with Gasteiger partial charge in [0.15, 0.2) is 22.2 Å². The smallest absolute Gasteiger partial charge is 0.488 e. The summed E-state index contributed by atoms with van der Waals surface area (Å²) in [5.74, 6) is -3.16. The molecule has 0 saturated heterocycles. The van der Waals surface area contributed by atoms with E-state index in [0.29, 0.717) is 12.8 Å². The van der Waals surface area contributed by atoms with Crippen molar-refractivity contribution in [3.05, 3.63) is 65.1 Å². The number of nitrogens with one attached hydrogen (secondary N) is 1. The molecule has 9 nitrogen and oxygen atoms in total. The summed E-state index contributed by atoms with van der Waals surface area (Å²) in [6.45, 7) is -1.56. The number of carbonyl (C=O) groups excluding carboxylic acids is 1. The first-order chi connectivity index (χ1) is 21.0. The number of ether oxygens (including phenoxy) is 2. The lowest BCUT2D eigenvalue weighted by atomic mass is 9.86. The minimum atomic E-state index is -5.10. The fourth-order valence-corrected chi connectivity index (χ4v) is 6.00. The van der Waals surface area contributed by atoms with Crippen LogP contribution in [0, 0.1) is 11.7 Å². The Bertz CT molecular complexity index is 1810. The zero-order valence-corrected chi connectivity index (χ0v) is 23.5. The predicted molar refractivity (Wildman–Crippen MR) is 147 cm³/mol. The molecular weight excluding hydrogens is 635 g/mol. The zero-order valence-electron chi connectivity index (χ0n) is 22.7. The van der Waals surface area contributed by atoms with E-state index in [0.717, 1.165) is 35.6 Å². The van der Waals surface area contributed by atoms with Gasteiger partial charge in [-0.25, -0.2) is 14.4 Å². The second-order valence-electron chi connectivity index (χ2n) is 10.8. The first-order valence-corrected chi connectivity index (χ1v) is 14.1. The van der Waals surface area contributed by atoms with Gasteiger partial charge in [0.25, 0.3) is 5.91 Å². The van der Waals surface area contributed by atoms with Gasteiger partial charge in [0.1, 0.15) is 29.2 Å². The van der Waals surface area contributed by atoms with E-state index in [2.05, 4.69) is 20.0 Å². The lowest BCUT2D eigenvalue weighted by Gasteiger charge is -2.31. The fourth-order valence-electron chi connectivity index (χ4n) is 5.21. The molecule has 1 saturated carbocycles. The highest BCUT2D eigenvalue weighted by atomic mass is 32.1. The van der Waals surface area contributed by atoms with Crippen molar-refractivity contribution in [1.82, 2.24) is 15.3 Å². The number of pyridine rings is 1. The molecule has 238 valence electrons. The molecule has 0 radical (unpaired) electrons. The van der Waals surface area contributed by atoms with Gasteiger partial charge in [-0.1, -0.05) is 11.3 Å². The third-order valence-corrected chi connectivity index (χ3v) is 8.53. The van der Waals surface area contributed by atoms with E-state index in [4.69, 9.17) is 16.2 Å². The summed E-state index contributed by atoms with van der Waals surface area (Å²) in [5.41, 5.74) is 5.23. The van der Waals surface area contributed by atoms with Gasteiger partial charge in [-0.05, 0) is 61.2 Å². The van der Waals surface area contributed by atoms with Crippen molar-refractivity contribution in [3.8, 4) is 22.8 Å². The molecule has 1 amide bonds. The molecule has 2 aliphatic rings. The van der Waals surface area contributed by atoms with E-state index < -0.39 is 65.8 Å². The minimum absolute atomic E-state index is 0.0730. The van der Waals surface area contributed by atoms with Crippen molar-refractivity contribution >= 4 is 32.6 Å². The molecule has 2 aromatic heterocycles. The van der Waals surface area contributed by atoms with Crippen LogP contribution in [0.15, 0.2) is 42.5 Å². The fraction of sp³-hybridized carbons (Fsp3) is 0.321. The Kier molecular flexibility index (Phi) is 7.13. The van der Waals surface area contributed by atoms with Crippen LogP contribution in [0.2, 0.25) is 0 Å². The van der Waals surface area contributed by atoms with Crippen LogP contribution in [-0.4, -0.2) is 46.7 Å². The summed E-state index contributed by atoms with van der Waals surface area (Å²) in [5, 5.41) is 14.3. The number of halogens is 7. The van der Waals surface area contributed by atoms with Crippen LogP contribution in [-0.2, 0) is 11.1 Å². The van der Waals surface area contributed by atoms with E-state index in [1.807, 2.05) is 0 Å². The summed E-state index contributed by atoms with van der Waals surface area (Å²) >= 11 is 0.814. The first-order valence-electron chi connectivity index (χ1n) is 13.3. The second kappa shape index (κ2) is 10.4. The Morgan fingerprint density at radius 3 is 2.42 bits per heavy atom. The molecule has 1 fully saturated rings. The third kappa shape index (κ3) is 5.59. The second-order valence-corrected chi connectivity index (χ2v) is 11.9. The average Bonchev–Trinajstić information content (AvgIpc) is 3.66. The van der Waals surface area contributed by atoms with Crippen LogP contribution in [0.1, 0.15) is 34.5 Å². The van der Waals surface area contributed by atoms with E-state index in [1.54, 1.807) is 0 Å². The number of benzene rings is 2. The lowest BCUT2D eigenvalue weighted by molar-refractivity contribution is -0.274. The van der Waals surface area contributed by atoms with Crippen molar-refractivity contribution in [2.24, 2.45) is 11.7 Å². The highest BCUT2D eigenvalue weighted by Gasteiger charge is 2.59. The maximum atomic E-state index is 14.2. The van der Waals surface area contributed by atoms with Crippen LogP contribution in [0.25, 0.3) is 21.5 Å². The summed E-state index contributed by atoms with van der Waals surface area (Å²) in [7, 11) is 0. The molecule has 0 bridgehead atoms. The zero-order chi connectivity index (χ0) is 32.5. The number of nitrogens with two attached hydrogens (primary N) is 2. The van der Waals surface area contributed by atoms with E-state index in [-0.39, 0.29) is 43.6 Å². The van der Waals surface area contributed by atoms with Crippen LogP contribution in [0.3, 0.4) is 0 Å². The molecule has 45 heavy (non-hydrogen) atoms. The summed E-state index contributed by atoms with van der Waals surface area (Å²) in [6, 6.07) is 7.72. The Labute approximate surface area is 253 Å². The average molecular weight is 658 g/mol. The van der Waals surface area contributed by atoms with Crippen LogP contribution >= 0.6 is 11.3 Å². The van der Waals surface area contributed by atoms with Crippen molar-refractivity contribution in [3.63, 3.8) is 0 Å². The van der Waals surface area contributed by atoms with Crippen LogP contribution in [0.4, 0.5) is 35.9 Å². The number of thiazole rings is 1. The van der Waals surface area contributed by atoms with Crippen LogP contribution < -0.4 is 26.3 Å². The van der Waals surface area contributed by atoms with E-state index >= 15 is 0 Å². The molecule has 1 aliphatic heterocycles. The number of aromatic nitrogens is 2. The Hall–Kier alpha value is -4.22. The number of hydrogen-bond donors (Lipinski definition) is 4. The topological polar surface area (TPSA) is 146 Å². The maximum Gasteiger partial charge on any atom is 0.573 e. The number of amides is 1. The molecule has 1 aliphatic carbocycles. The lowest BCUT2D eigenvalue weighted by Crippen LogP contribution is -2.52. The monoisotopic (exact) mass is 657 g/mol. The van der Waals surface area contributed by atoms with Gasteiger partial charge in [0, 0.05) is 16.7 Å². The normalized spacial score (nSPS) is 19.6. The quantitative estimate of drug-likeness (QED) is 0.201. The molecular formula is C28H22F7N5O4S. The number of hydrogen-bond acceptors (Lipinski definition) is 9.